The SMILES string of the molecule is COc1cc2c(c(C)c1O)C1CCCCC1(c1ccccc1)O2. The van der Waals surface area contributed by atoms with E-state index < -0.39 is 0 Å². The summed E-state index contributed by atoms with van der Waals surface area (Å²) in [5, 5.41) is 10.4. The van der Waals surface area contributed by atoms with E-state index in [1.807, 2.05) is 19.1 Å². The van der Waals surface area contributed by atoms with E-state index in [0.717, 1.165) is 29.7 Å². The third-order valence-corrected chi connectivity index (χ3v) is 5.50. The predicted molar refractivity (Wildman–Crippen MR) is 89.4 cm³/mol. The van der Waals surface area contributed by atoms with Crippen molar-refractivity contribution in [1.82, 2.24) is 0 Å². The van der Waals surface area contributed by atoms with Crippen molar-refractivity contribution in [3.63, 3.8) is 0 Å². The van der Waals surface area contributed by atoms with E-state index in [0.29, 0.717) is 11.7 Å². The van der Waals surface area contributed by atoms with Crippen molar-refractivity contribution < 1.29 is 14.6 Å². The van der Waals surface area contributed by atoms with Gasteiger partial charge in [0.05, 0.1) is 7.11 Å². The highest BCUT2D eigenvalue weighted by Gasteiger charge is 2.52. The summed E-state index contributed by atoms with van der Waals surface area (Å²) >= 11 is 0. The minimum atomic E-state index is -0.300. The molecule has 0 spiro atoms. The van der Waals surface area contributed by atoms with E-state index in [2.05, 4.69) is 24.3 Å². The number of phenols is 1. The van der Waals surface area contributed by atoms with Gasteiger partial charge in [-0.05, 0) is 31.7 Å². The molecule has 0 aromatic heterocycles. The van der Waals surface area contributed by atoms with Crippen molar-refractivity contribution in [2.75, 3.05) is 7.11 Å². The third-order valence-electron chi connectivity index (χ3n) is 5.50. The number of aromatic hydroxyl groups is 1. The number of methoxy groups -OCH3 is 1. The number of hydrogen-bond donors (Lipinski definition) is 1. The molecule has 2 aromatic carbocycles. The smallest absolute Gasteiger partial charge is 0.164 e. The molecule has 1 heterocycles. The van der Waals surface area contributed by atoms with Crippen LogP contribution in [-0.2, 0) is 5.60 Å². The van der Waals surface area contributed by atoms with Crippen LogP contribution < -0.4 is 9.47 Å². The first-order valence-corrected chi connectivity index (χ1v) is 8.32. The molecule has 3 heteroatoms. The molecule has 2 atom stereocenters. The molecule has 1 saturated carbocycles. The molecule has 0 amide bonds. The lowest BCUT2D eigenvalue weighted by atomic mass is 9.69. The number of phenolic OH excluding ortho intramolecular Hbond substituents is 1. The van der Waals surface area contributed by atoms with Crippen LogP contribution in [0.4, 0.5) is 0 Å². The topological polar surface area (TPSA) is 38.7 Å². The van der Waals surface area contributed by atoms with Gasteiger partial charge in [0, 0.05) is 23.1 Å². The zero-order chi connectivity index (χ0) is 16.0. The Labute approximate surface area is 136 Å². The van der Waals surface area contributed by atoms with Crippen LogP contribution in [0.15, 0.2) is 36.4 Å². The van der Waals surface area contributed by atoms with Crippen molar-refractivity contribution >= 4 is 0 Å². The van der Waals surface area contributed by atoms with E-state index in [9.17, 15) is 5.11 Å². The molecule has 4 rings (SSSR count). The van der Waals surface area contributed by atoms with Crippen LogP contribution in [-0.4, -0.2) is 12.2 Å². The quantitative estimate of drug-likeness (QED) is 0.877. The molecule has 0 saturated heterocycles. The Morgan fingerprint density at radius 1 is 1.22 bits per heavy atom. The lowest BCUT2D eigenvalue weighted by Gasteiger charge is -2.39. The second-order valence-electron chi connectivity index (χ2n) is 6.62. The minimum absolute atomic E-state index is 0.240. The lowest BCUT2D eigenvalue weighted by molar-refractivity contribution is 0.0319. The molecule has 1 N–H and O–H groups in total. The van der Waals surface area contributed by atoms with Gasteiger partial charge in [-0.2, -0.15) is 0 Å². The number of ether oxygens (including phenoxy) is 2. The van der Waals surface area contributed by atoms with Gasteiger partial charge in [-0.1, -0.05) is 36.8 Å². The van der Waals surface area contributed by atoms with E-state index >= 15 is 0 Å². The maximum atomic E-state index is 10.4. The normalized spacial score (nSPS) is 25.4. The lowest BCUT2D eigenvalue weighted by Crippen LogP contribution is -2.37. The van der Waals surface area contributed by atoms with Gasteiger partial charge in [0.1, 0.15) is 11.4 Å². The highest BCUT2D eigenvalue weighted by molar-refractivity contribution is 5.61. The standard InChI is InChI=1S/C20H22O3/c1-13-18-15-10-6-7-11-20(15,14-8-4-3-5-9-14)23-16(18)12-17(22-2)19(13)21/h3-5,8-9,12,15,21H,6-7,10-11H2,1-2H3. The van der Waals surface area contributed by atoms with Gasteiger partial charge in [-0.3, -0.25) is 0 Å². The summed E-state index contributed by atoms with van der Waals surface area (Å²) in [5.41, 5.74) is 2.99. The van der Waals surface area contributed by atoms with Gasteiger partial charge in [0.25, 0.3) is 0 Å². The van der Waals surface area contributed by atoms with Gasteiger partial charge in [0.15, 0.2) is 11.5 Å². The molecule has 120 valence electrons. The molecule has 1 aliphatic heterocycles. The molecule has 1 aliphatic carbocycles. The first-order chi connectivity index (χ1) is 11.2. The van der Waals surface area contributed by atoms with Crippen molar-refractivity contribution in [3.05, 3.63) is 53.1 Å². The molecule has 0 bridgehead atoms. The first kappa shape index (κ1) is 14.4. The van der Waals surface area contributed by atoms with Crippen LogP contribution in [0.1, 0.15) is 48.3 Å². The summed E-state index contributed by atoms with van der Waals surface area (Å²) < 4.78 is 11.9. The highest BCUT2D eigenvalue weighted by Crippen LogP contribution is 2.60. The van der Waals surface area contributed by atoms with Gasteiger partial charge < -0.3 is 14.6 Å². The molecule has 2 unspecified atom stereocenters. The van der Waals surface area contributed by atoms with Crippen molar-refractivity contribution in [1.29, 1.82) is 0 Å². The van der Waals surface area contributed by atoms with Gasteiger partial charge in [-0.15, -0.1) is 0 Å². The van der Waals surface area contributed by atoms with E-state index in [1.54, 1.807) is 7.11 Å². The predicted octanol–water partition coefficient (Wildman–Crippen LogP) is 4.65. The van der Waals surface area contributed by atoms with Crippen molar-refractivity contribution in [2.45, 2.75) is 44.1 Å². The maximum absolute atomic E-state index is 10.4. The van der Waals surface area contributed by atoms with Crippen LogP contribution in [0.2, 0.25) is 0 Å². The fraction of sp³-hybridized carbons (Fsp3) is 0.400. The Hall–Kier alpha value is -2.16. The molecule has 0 radical (unpaired) electrons. The molecule has 3 nitrogen and oxygen atoms in total. The second-order valence-corrected chi connectivity index (χ2v) is 6.62. The summed E-state index contributed by atoms with van der Waals surface area (Å²) in [4.78, 5) is 0. The Balaban J connectivity index is 1.91. The van der Waals surface area contributed by atoms with E-state index in [1.165, 1.54) is 18.4 Å². The van der Waals surface area contributed by atoms with Crippen LogP contribution in [0.5, 0.6) is 17.2 Å². The highest BCUT2D eigenvalue weighted by atomic mass is 16.5. The summed E-state index contributed by atoms with van der Waals surface area (Å²) in [6.07, 6.45) is 4.48. The first-order valence-electron chi connectivity index (χ1n) is 8.32. The molecule has 1 fully saturated rings. The van der Waals surface area contributed by atoms with Gasteiger partial charge in [0.2, 0.25) is 0 Å². The largest absolute Gasteiger partial charge is 0.504 e. The molecule has 23 heavy (non-hydrogen) atoms. The van der Waals surface area contributed by atoms with Crippen LogP contribution in [0, 0.1) is 6.92 Å². The summed E-state index contributed by atoms with van der Waals surface area (Å²) in [6.45, 7) is 1.97. The van der Waals surface area contributed by atoms with Crippen LogP contribution >= 0.6 is 0 Å². The van der Waals surface area contributed by atoms with Gasteiger partial charge in [-0.25, -0.2) is 0 Å². The summed E-state index contributed by atoms with van der Waals surface area (Å²) in [6, 6.07) is 12.4. The number of rotatable bonds is 2. The average Bonchev–Trinajstić information content (AvgIpc) is 2.94. The molecule has 2 aliphatic rings. The summed E-state index contributed by atoms with van der Waals surface area (Å²) in [7, 11) is 1.58. The second kappa shape index (κ2) is 5.19. The van der Waals surface area contributed by atoms with Gasteiger partial charge >= 0.3 is 0 Å². The average molecular weight is 310 g/mol. The number of benzene rings is 2. The van der Waals surface area contributed by atoms with E-state index in [4.69, 9.17) is 9.47 Å². The Kier molecular flexibility index (Phi) is 3.26. The number of fused-ring (bicyclic) bond motifs is 3. The molecule has 2 aromatic rings. The van der Waals surface area contributed by atoms with Crippen LogP contribution in [0.25, 0.3) is 0 Å². The Bertz CT molecular complexity index is 738. The van der Waals surface area contributed by atoms with Crippen molar-refractivity contribution in [3.8, 4) is 17.2 Å². The van der Waals surface area contributed by atoms with E-state index in [-0.39, 0.29) is 11.4 Å². The zero-order valence-electron chi connectivity index (χ0n) is 13.6. The Morgan fingerprint density at radius 2 is 2.00 bits per heavy atom. The molecular formula is C20H22O3. The third kappa shape index (κ3) is 1.95. The zero-order valence-corrected chi connectivity index (χ0v) is 13.6. The molecular weight excluding hydrogens is 288 g/mol. The van der Waals surface area contributed by atoms with Crippen molar-refractivity contribution in [2.24, 2.45) is 0 Å². The Morgan fingerprint density at radius 3 is 2.74 bits per heavy atom. The number of hydrogen-bond acceptors (Lipinski definition) is 3. The van der Waals surface area contributed by atoms with Crippen LogP contribution in [0.3, 0.4) is 0 Å². The summed E-state index contributed by atoms with van der Waals surface area (Å²) in [5.74, 6) is 1.89. The fourth-order valence-electron chi connectivity index (χ4n) is 4.40. The maximum Gasteiger partial charge on any atom is 0.164 e. The minimum Gasteiger partial charge on any atom is -0.504 e. The fourth-order valence-corrected chi connectivity index (χ4v) is 4.40. The monoisotopic (exact) mass is 310 g/mol.